The fourth-order valence-electron chi connectivity index (χ4n) is 2.94. The van der Waals surface area contributed by atoms with Crippen LogP contribution in [0, 0.1) is 0 Å². The van der Waals surface area contributed by atoms with Crippen LogP contribution in [0.15, 0.2) is 30.6 Å². The van der Waals surface area contributed by atoms with E-state index in [1.54, 1.807) is 11.0 Å². The van der Waals surface area contributed by atoms with Gasteiger partial charge >= 0.3 is 6.03 Å². The van der Waals surface area contributed by atoms with E-state index in [9.17, 15) is 9.90 Å². The summed E-state index contributed by atoms with van der Waals surface area (Å²) < 4.78 is 1.66. The molecular formula is C18H26N6O2. The number of nitrogens with one attached hydrogen (secondary N) is 1. The Morgan fingerprint density at radius 1 is 1.23 bits per heavy atom. The lowest BCUT2D eigenvalue weighted by molar-refractivity contribution is 0.0812. The third-order valence-electron chi connectivity index (χ3n) is 4.59. The number of aliphatic hydroxyl groups excluding tert-OH is 1. The Kier molecular flexibility index (Phi) is 5.85. The van der Waals surface area contributed by atoms with E-state index in [1.165, 1.54) is 0 Å². The van der Waals surface area contributed by atoms with Gasteiger partial charge in [0.15, 0.2) is 5.82 Å². The molecular weight excluding hydrogens is 332 g/mol. The van der Waals surface area contributed by atoms with Crippen molar-refractivity contribution in [2.24, 2.45) is 7.05 Å². The largest absolute Gasteiger partial charge is 0.392 e. The molecule has 0 saturated carbocycles. The van der Waals surface area contributed by atoms with Gasteiger partial charge in [-0.25, -0.2) is 9.78 Å². The molecule has 1 atom stereocenters. The van der Waals surface area contributed by atoms with E-state index in [0.29, 0.717) is 25.5 Å². The number of nitrogens with zero attached hydrogens (tertiary/aromatic N) is 5. The summed E-state index contributed by atoms with van der Waals surface area (Å²) >= 11 is 0. The van der Waals surface area contributed by atoms with Crippen molar-refractivity contribution < 1.29 is 9.90 Å². The highest BCUT2D eigenvalue weighted by Gasteiger charge is 2.22. The minimum atomic E-state index is -0.289. The molecule has 2 heterocycles. The molecule has 3 rings (SSSR count). The van der Waals surface area contributed by atoms with Crippen molar-refractivity contribution in [2.45, 2.75) is 19.4 Å². The first kappa shape index (κ1) is 18.3. The molecule has 26 heavy (non-hydrogen) atoms. The maximum absolute atomic E-state index is 12.4. The number of benzene rings is 1. The van der Waals surface area contributed by atoms with Crippen LogP contribution in [0.25, 0.3) is 11.4 Å². The SMILES string of the molecule is CC[C@H](O)CN1CCN(C(=O)Nc2ccc(-c3ncn(C)n3)cc2)CC1. The predicted octanol–water partition coefficient (Wildman–Crippen LogP) is 1.40. The second-order valence-electron chi connectivity index (χ2n) is 6.60. The zero-order chi connectivity index (χ0) is 18.5. The predicted molar refractivity (Wildman–Crippen MR) is 99.8 cm³/mol. The van der Waals surface area contributed by atoms with Gasteiger partial charge in [0.2, 0.25) is 0 Å². The number of hydrogen-bond acceptors (Lipinski definition) is 5. The fraction of sp³-hybridized carbons (Fsp3) is 0.500. The average Bonchev–Trinajstić information content (AvgIpc) is 3.09. The first-order valence-electron chi connectivity index (χ1n) is 8.97. The second kappa shape index (κ2) is 8.29. The Morgan fingerprint density at radius 2 is 1.92 bits per heavy atom. The first-order chi connectivity index (χ1) is 12.5. The highest BCUT2D eigenvalue weighted by Crippen LogP contribution is 2.18. The van der Waals surface area contributed by atoms with Gasteiger partial charge in [0.05, 0.1) is 6.10 Å². The smallest absolute Gasteiger partial charge is 0.321 e. The van der Waals surface area contributed by atoms with Crippen LogP contribution < -0.4 is 5.32 Å². The molecule has 8 nitrogen and oxygen atoms in total. The molecule has 0 radical (unpaired) electrons. The number of aliphatic hydroxyl groups is 1. The average molecular weight is 358 g/mol. The standard InChI is InChI=1S/C18H26N6O2/c1-3-16(25)12-23-8-10-24(11-9-23)18(26)20-15-6-4-14(5-7-15)17-19-13-22(2)21-17/h4-7,13,16,25H,3,8-12H2,1-2H3,(H,20,26)/t16-/m0/s1. The molecule has 0 unspecified atom stereocenters. The van der Waals surface area contributed by atoms with Crippen LogP contribution in [0.2, 0.25) is 0 Å². The Morgan fingerprint density at radius 3 is 2.50 bits per heavy atom. The molecule has 1 saturated heterocycles. The highest BCUT2D eigenvalue weighted by molar-refractivity contribution is 5.89. The molecule has 2 aromatic rings. The molecule has 8 heteroatoms. The summed E-state index contributed by atoms with van der Waals surface area (Å²) in [4.78, 5) is 20.7. The van der Waals surface area contributed by atoms with E-state index in [0.717, 1.165) is 30.8 Å². The lowest BCUT2D eigenvalue weighted by Gasteiger charge is -2.35. The molecule has 1 aromatic heterocycles. The van der Waals surface area contributed by atoms with Crippen molar-refractivity contribution in [2.75, 3.05) is 38.0 Å². The number of hydrogen-bond donors (Lipinski definition) is 2. The molecule has 0 aliphatic carbocycles. The van der Waals surface area contributed by atoms with Crippen LogP contribution in [-0.4, -0.2) is 74.5 Å². The van der Waals surface area contributed by atoms with Gasteiger partial charge in [-0.3, -0.25) is 9.58 Å². The molecule has 2 amide bonds. The van der Waals surface area contributed by atoms with Gasteiger partial charge in [-0.05, 0) is 30.7 Å². The summed E-state index contributed by atoms with van der Waals surface area (Å²) in [5.74, 6) is 0.663. The van der Waals surface area contributed by atoms with Gasteiger partial charge in [-0.15, -0.1) is 0 Å². The molecule has 1 aliphatic rings. The van der Waals surface area contributed by atoms with Crippen molar-refractivity contribution >= 4 is 11.7 Å². The Hall–Kier alpha value is -2.45. The molecule has 140 valence electrons. The van der Waals surface area contributed by atoms with Gasteiger partial charge in [0, 0.05) is 51.0 Å². The number of carbonyl (C=O) groups excluding carboxylic acids is 1. The lowest BCUT2D eigenvalue weighted by atomic mass is 10.2. The number of rotatable bonds is 5. The second-order valence-corrected chi connectivity index (χ2v) is 6.60. The van der Waals surface area contributed by atoms with Gasteiger partial charge in [-0.1, -0.05) is 6.92 Å². The molecule has 1 aliphatic heterocycles. The van der Waals surface area contributed by atoms with Crippen molar-refractivity contribution in [1.29, 1.82) is 0 Å². The van der Waals surface area contributed by atoms with E-state index in [1.807, 2.05) is 43.1 Å². The van der Waals surface area contributed by atoms with E-state index in [4.69, 9.17) is 0 Å². The number of β-amino-alcohol motifs (C(OH)–C–C–N with tert-alkyl or cyclic N) is 1. The third kappa shape index (κ3) is 4.59. The van der Waals surface area contributed by atoms with Gasteiger partial charge in [0.25, 0.3) is 0 Å². The van der Waals surface area contributed by atoms with Gasteiger partial charge in [0.1, 0.15) is 6.33 Å². The van der Waals surface area contributed by atoms with E-state index >= 15 is 0 Å². The molecule has 1 aromatic carbocycles. The highest BCUT2D eigenvalue weighted by atomic mass is 16.3. The molecule has 0 spiro atoms. The number of aromatic nitrogens is 3. The zero-order valence-electron chi connectivity index (χ0n) is 15.3. The van der Waals surface area contributed by atoms with Crippen LogP contribution >= 0.6 is 0 Å². The Labute approximate surface area is 153 Å². The van der Waals surface area contributed by atoms with Crippen LogP contribution in [0.4, 0.5) is 10.5 Å². The Bertz CT molecular complexity index is 722. The summed E-state index contributed by atoms with van der Waals surface area (Å²) in [6.07, 6.45) is 2.12. The fourth-order valence-corrected chi connectivity index (χ4v) is 2.94. The van der Waals surface area contributed by atoms with Crippen LogP contribution in [-0.2, 0) is 7.05 Å². The number of amides is 2. The summed E-state index contributed by atoms with van der Waals surface area (Å²) in [5, 5.41) is 16.9. The third-order valence-corrected chi connectivity index (χ3v) is 4.59. The minimum Gasteiger partial charge on any atom is -0.392 e. The number of anilines is 1. The van der Waals surface area contributed by atoms with Gasteiger partial charge in [-0.2, -0.15) is 5.10 Å². The Balaban J connectivity index is 1.51. The van der Waals surface area contributed by atoms with Gasteiger partial charge < -0.3 is 15.3 Å². The van der Waals surface area contributed by atoms with Crippen molar-refractivity contribution in [1.82, 2.24) is 24.6 Å². The van der Waals surface area contributed by atoms with Crippen molar-refractivity contribution in [3.63, 3.8) is 0 Å². The summed E-state index contributed by atoms with van der Waals surface area (Å²) in [6, 6.07) is 7.42. The van der Waals surface area contributed by atoms with Crippen LogP contribution in [0.5, 0.6) is 0 Å². The minimum absolute atomic E-state index is 0.0931. The normalized spacial score (nSPS) is 16.5. The van der Waals surface area contributed by atoms with Crippen LogP contribution in [0.1, 0.15) is 13.3 Å². The topological polar surface area (TPSA) is 86.5 Å². The molecule has 1 fully saturated rings. The van der Waals surface area contributed by atoms with Crippen LogP contribution in [0.3, 0.4) is 0 Å². The number of piperazine rings is 1. The maximum Gasteiger partial charge on any atom is 0.321 e. The summed E-state index contributed by atoms with van der Waals surface area (Å²) in [7, 11) is 1.83. The first-order valence-corrected chi connectivity index (χ1v) is 8.97. The lowest BCUT2D eigenvalue weighted by Crippen LogP contribution is -2.51. The zero-order valence-corrected chi connectivity index (χ0v) is 15.3. The number of urea groups is 1. The monoisotopic (exact) mass is 358 g/mol. The van der Waals surface area contributed by atoms with E-state index in [2.05, 4.69) is 20.3 Å². The number of aryl methyl sites for hydroxylation is 1. The van der Waals surface area contributed by atoms with Crippen molar-refractivity contribution in [3.8, 4) is 11.4 Å². The van der Waals surface area contributed by atoms with Crippen molar-refractivity contribution in [3.05, 3.63) is 30.6 Å². The summed E-state index contributed by atoms with van der Waals surface area (Å²) in [5.41, 5.74) is 1.66. The number of carbonyl (C=O) groups is 1. The maximum atomic E-state index is 12.4. The quantitative estimate of drug-likeness (QED) is 0.844. The summed E-state index contributed by atoms with van der Waals surface area (Å²) in [6.45, 7) is 5.55. The van der Waals surface area contributed by atoms with E-state index < -0.39 is 0 Å². The molecule has 2 N–H and O–H groups in total. The van der Waals surface area contributed by atoms with E-state index in [-0.39, 0.29) is 12.1 Å². The molecule has 0 bridgehead atoms.